The van der Waals surface area contributed by atoms with Crippen molar-refractivity contribution in [1.82, 2.24) is 9.62 Å². The van der Waals surface area contributed by atoms with Crippen molar-refractivity contribution in [3.8, 4) is 16.9 Å². The quantitative estimate of drug-likeness (QED) is 0.154. The molecular weight excluding hydrogens is 733 g/mol. The molecule has 52 heavy (non-hydrogen) atoms. The van der Waals surface area contributed by atoms with Crippen molar-refractivity contribution in [2.24, 2.45) is 5.73 Å². The Morgan fingerprint density at radius 2 is 1.42 bits per heavy atom. The van der Waals surface area contributed by atoms with Crippen LogP contribution >= 0.6 is 11.6 Å². The standard InChI is InChI=1S/C34H34ClF2N3O4S.C2HF3O2/c35-27-13-7-23(8-14-27)22-5-11-26(12-6-22)34(36,37)32(33(41)40-18-17-28(38)21-40)39-45(42,43)31-16-10-24-19-30(15-9-25(24)20-31)44-29-3-1-2-4-29;3-2(4,5)1(6)7/h5-16,19-20,28-29,32,39H,1-4,17-18,21,38H2;(H,6,7)/t28-,32+;/m0./s1. The number of rotatable bonds is 9. The number of nitrogens with two attached hydrogens (primary N) is 1. The molecule has 2 aliphatic rings. The summed E-state index contributed by atoms with van der Waals surface area (Å²) in [4.78, 5) is 23.4. The van der Waals surface area contributed by atoms with E-state index in [-0.39, 0.29) is 30.1 Å². The summed E-state index contributed by atoms with van der Waals surface area (Å²) in [7, 11) is -4.57. The molecule has 0 radical (unpaired) electrons. The van der Waals surface area contributed by atoms with Gasteiger partial charge in [-0.2, -0.15) is 26.7 Å². The van der Waals surface area contributed by atoms with Crippen LogP contribution in [-0.2, 0) is 25.5 Å². The van der Waals surface area contributed by atoms with Crippen LogP contribution in [0.1, 0.15) is 37.7 Å². The van der Waals surface area contributed by atoms with Gasteiger partial charge in [0.25, 0.3) is 5.92 Å². The molecule has 1 aliphatic heterocycles. The largest absolute Gasteiger partial charge is 0.490 e. The third kappa shape index (κ3) is 9.37. The minimum atomic E-state index is -5.08. The highest BCUT2D eigenvalue weighted by molar-refractivity contribution is 7.89. The Kier molecular flexibility index (Phi) is 11.8. The first kappa shape index (κ1) is 38.9. The molecule has 4 aromatic carbocycles. The van der Waals surface area contributed by atoms with Gasteiger partial charge in [-0.3, -0.25) is 4.79 Å². The molecule has 0 aromatic heterocycles. The monoisotopic (exact) mass is 767 g/mol. The maximum Gasteiger partial charge on any atom is 0.490 e. The number of carbonyl (C=O) groups is 2. The van der Waals surface area contributed by atoms with Crippen molar-refractivity contribution in [3.05, 3.63) is 95.5 Å². The average Bonchev–Trinajstić information content (AvgIpc) is 3.78. The number of carboxylic acids is 1. The predicted octanol–water partition coefficient (Wildman–Crippen LogP) is 7.11. The van der Waals surface area contributed by atoms with Crippen molar-refractivity contribution in [2.75, 3.05) is 13.1 Å². The minimum Gasteiger partial charge on any atom is -0.490 e. The fourth-order valence-corrected chi connectivity index (χ4v) is 7.36. The number of hydrogen-bond donors (Lipinski definition) is 3. The van der Waals surface area contributed by atoms with Crippen molar-refractivity contribution in [1.29, 1.82) is 0 Å². The van der Waals surface area contributed by atoms with Crippen molar-refractivity contribution in [3.63, 3.8) is 0 Å². The Labute approximate surface area is 301 Å². The van der Waals surface area contributed by atoms with Gasteiger partial charge in [0.05, 0.1) is 11.0 Å². The highest BCUT2D eigenvalue weighted by Gasteiger charge is 2.50. The number of nitrogens with one attached hydrogen (secondary N) is 1. The van der Waals surface area contributed by atoms with Crippen molar-refractivity contribution < 1.29 is 49.8 Å². The topological polar surface area (TPSA) is 139 Å². The van der Waals surface area contributed by atoms with Gasteiger partial charge >= 0.3 is 12.1 Å². The van der Waals surface area contributed by atoms with E-state index in [0.717, 1.165) is 36.6 Å². The Morgan fingerprint density at radius 3 is 1.98 bits per heavy atom. The van der Waals surface area contributed by atoms with Gasteiger partial charge in [-0.05, 0) is 90.4 Å². The van der Waals surface area contributed by atoms with Crippen LogP contribution in [0.15, 0.2) is 89.8 Å². The van der Waals surface area contributed by atoms with Crippen LogP contribution in [0.2, 0.25) is 5.02 Å². The number of nitrogens with zero attached hydrogens (tertiary/aromatic N) is 1. The molecule has 1 saturated heterocycles. The number of amides is 1. The number of benzene rings is 4. The molecule has 1 saturated carbocycles. The number of aliphatic carboxylic acids is 1. The van der Waals surface area contributed by atoms with E-state index in [2.05, 4.69) is 4.72 Å². The van der Waals surface area contributed by atoms with Gasteiger partial charge in [-0.25, -0.2) is 13.2 Å². The Bertz CT molecular complexity index is 2010. The van der Waals surface area contributed by atoms with E-state index in [1.807, 2.05) is 6.07 Å². The van der Waals surface area contributed by atoms with Gasteiger partial charge in [0.1, 0.15) is 5.75 Å². The van der Waals surface area contributed by atoms with Crippen LogP contribution < -0.4 is 15.2 Å². The summed E-state index contributed by atoms with van der Waals surface area (Å²) in [6.07, 6.45) is -0.212. The fraction of sp³-hybridized carbons (Fsp3) is 0.333. The van der Waals surface area contributed by atoms with Crippen LogP contribution in [0.4, 0.5) is 22.0 Å². The Balaban J connectivity index is 0.000000679. The molecule has 278 valence electrons. The first-order chi connectivity index (χ1) is 24.4. The molecule has 2 fully saturated rings. The SMILES string of the molecule is N[C@H]1CCN(C(=O)[C@@H](NS(=O)(=O)c2ccc3cc(OC4CCCC4)ccc3c2)C(F)(F)c2ccc(-c3ccc(Cl)cc3)cc2)C1.O=C(O)C(F)(F)F. The summed E-state index contributed by atoms with van der Waals surface area (Å²) in [6.45, 7) is 0.217. The Hall–Kier alpha value is -4.31. The normalized spacial score (nSPS) is 17.4. The van der Waals surface area contributed by atoms with Gasteiger partial charge in [0.15, 0.2) is 6.04 Å². The predicted molar refractivity (Wildman–Crippen MR) is 185 cm³/mol. The lowest BCUT2D eigenvalue weighted by Crippen LogP contribution is -2.56. The number of alkyl halides is 5. The van der Waals surface area contributed by atoms with Crippen LogP contribution in [0, 0.1) is 0 Å². The van der Waals surface area contributed by atoms with E-state index in [1.54, 1.807) is 42.5 Å². The number of likely N-dealkylation sites (tertiary alicyclic amines) is 1. The lowest BCUT2D eigenvalue weighted by molar-refractivity contribution is -0.192. The number of ether oxygens (including phenoxy) is 1. The number of carbonyl (C=O) groups excluding carboxylic acids is 1. The van der Waals surface area contributed by atoms with Gasteiger partial charge in [-0.1, -0.05) is 60.1 Å². The van der Waals surface area contributed by atoms with E-state index in [1.165, 1.54) is 41.3 Å². The van der Waals surface area contributed by atoms with Gasteiger partial charge in [0, 0.05) is 29.7 Å². The van der Waals surface area contributed by atoms with E-state index < -0.39 is 45.6 Å². The zero-order valence-corrected chi connectivity index (χ0v) is 29.0. The minimum absolute atomic E-state index is 0.0594. The molecule has 1 heterocycles. The summed E-state index contributed by atoms with van der Waals surface area (Å²) >= 11 is 5.97. The summed E-state index contributed by atoms with van der Waals surface area (Å²) in [5.74, 6) is -6.99. The smallest absolute Gasteiger partial charge is 0.490 e. The molecule has 4 aromatic rings. The highest BCUT2D eigenvalue weighted by Crippen LogP contribution is 2.36. The van der Waals surface area contributed by atoms with Gasteiger partial charge < -0.3 is 20.5 Å². The summed E-state index contributed by atoms with van der Waals surface area (Å²) in [5.41, 5.74) is 6.88. The molecular formula is C36H35ClF5N3O6S. The number of fused-ring (bicyclic) bond motifs is 1. The first-order valence-electron chi connectivity index (χ1n) is 16.3. The molecule has 0 unspecified atom stereocenters. The highest BCUT2D eigenvalue weighted by atomic mass is 35.5. The Morgan fingerprint density at radius 1 is 0.865 bits per heavy atom. The van der Waals surface area contributed by atoms with Crippen molar-refractivity contribution in [2.45, 2.75) is 67.3 Å². The first-order valence-corrected chi connectivity index (χ1v) is 18.1. The lowest BCUT2D eigenvalue weighted by atomic mass is 9.97. The van der Waals surface area contributed by atoms with Crippen LogP contribution in [0.25, 0.3) is 21.9 Å². The number of sulfonamides is 1. The van der Waals surface area contributed by atoms with E-state index in [4.69, 9.17) is 32.0 Å². The fourth-order valence-electron chi connectivity index (χ4n) is 6.01. The average molecular weight is 768 g/mol. The molecule has 2 atom stereocenters. The van der Waals surface area contributed by atoms with Gasteiger partial charge in [0.2, 0.25) is 15.9 Å². The number of halogens is 6. The molecule has 0 spiro atoms. The second-order valence-corrected chi connectivity index (χ2v) is 14.7. The lowest BCUT2D eigenvalue weighted by Gasteiger charge is -2.30. The number of hydrogen-bond acceptors (Lipinski definition) is 6. The zero-order chi connectivity index (χ0) is 37.8. The zero-order valence-electron chi connectivity index (χ0n) is 27.5. The third-order valence-electron chi connectivity index (χ3n) is 8.81. The summed E-state index contributed by atoms with van der Waals surface area (Å²) < 4.78 is 99.7. The maximum atomic E-state index is 16.3. The van der Waals surface area contributed by atoms with Gasteiger partial charge in [-0.15, -0.1) is 0 Å². The molecule has 16 heteroatoms. The molecule has 6 rings (SSSR count). The second-order valence-electron chi connectivity index (χ2n) is 12.6. The van der Waals surface area contributed by atoms with Crippen LogP contribution in [0.5, 0.6) is 5.75 Å². The summed E-state index contributed by atoms with van der Waals surface area (Å²) in [6, 6.07) is 19.3. The second kappa shape index (κ2) is 15.7. The molecule has 9 nitrogen and oxygen atoms in total. The maximum absolute atomic E-state index is 16.3. The van der Waals surface area contributed by atoms with Crippen molar-refractivity contribution >= 4 is 44.3 Å². The van der Waals surface area contributed by atoms with Crippen LogP contribution in [-0.4, -0.2) is 67.8 Å². The van der Waals surface area contributed by atoms with E-state index in [0.29, 0.717) is 28.1 Å². The summed E-state index contributed by atoms with van der Waals surface area (Å²) in [5, 5.41) is 9.01. The van der Waals surface area contributed by atoms with Crippen LogP contribution in [0.3, 0.4) is 0 Å². The number of carboxylic acid groups (broad SMARTS) is 1. The molecule has 1 aliphatic carbocycles. The third-order valence-corrected chi connectivity index (χ3v) is 10.5. The van der Waals surface area contributed by atoms with E-state index in [9.17, 15) is 26.4 Å². The molecule has 0 bridgehead atoms. The molecule has 1 amide bonds. The van der Waals surface area contributed by atoms with E-state index >= 15 is 8.78 Å². The molecule has 4 N–H and O–H groups in total.